The van der Waals surface area contributed by atoms with Crippen LogP contribution < -0.4 is 10.9 Å². The Morgan fingerprint density at radius 3 is 2.57 bits per heavy atom. The lowest BCUT2D eigenvalue weighted by Gasteiger charge is -2.09. The van der Waals surface area contributed by atoms with E-state index >= 15 is 0 Å². The number of aromatic nitrogens is 2. The van der Waals surface area contributed by atoms with Crippen LogP contribution in [0.15, 0.2) is 54.9 Å². The van der Waals surface area contributed by atoms with Crippen LogP contribution in [0.2, 0.25) is 5.02 Å². The number of nitrogens with one attached hydrogen (secondary N) is 2. The second-order valence-corrected chi connectivity index (χ2v) is 4.76. The first-order valence-electron chi connectivity index (χ1n) is 6.26. The second kappa shape index (κ2) is 5.76. The van der Waals surface area contributed by atoms with Gasteiger partial charge in [-0.25, -0.2) is 9.97 Å². The van der Waals surface area contributed by atoms with Crippen LogP contribution in [0.25, 0.3) is 10.9 Å². The number of carbonyl (C=O) groups is 1. The molecule has 0 spiro atoms. The van der Waals surface area contributed by atoms with Gasteiger partial charge in [0.1, 0.15) is 6.33 Å². The minimum atomic E-state index is -0.269. The summed E-state index contributed by atoms with van der Waals surface area (Å²) in [5.74, 6) is 0.275. The molecule has 1 heterocycles. The highest BCUT2D eigenvalue weighted by Gasteiger charge is 2.07. The number of nitrogens with zero attached hydrogens (tertiary/aromatic N) is 2. The Kier molecular flexibility index (Phi) is 3.66. The number of hydrogen-bond donors (Lipinski definition) is 2. The summed E-state index contributed by atoms with van der Waals surface area (Å²) >= 11 is 5.79. The van der Waals surface area contributed by atoms with Crippen LogP contribution in [0, 0.1) is 0 Å². The minimum absolute atomic E-state index is 0.269. The molecule has 0 saturated carbocycles. The molecule has 0 radical (unpaired) electrons. The molecular weight excluding hydrogens is 288 g/mol. The quantitative estimate of drug-likeness (QED) is 0.729. The molecular formula is C15H11ClN4O. The fourth-order valence-electron chi connectivity index (χ4n) is 1.89. The molecule has 0 atom stereocenters. The predicted molar refractivity (Wildman–Crippen MR) is 82.1 cm³/mol. The third-order valence-electron chi connectivity index (χ3n) is 2.94. The van der Waals surface area contributed by atoms with E-state index in [1.54, 1.807) is 24.3 Å². The summed E-state index contributed by atoms with van der Waals surface area (Å²) in [6.45, 7) is 0. The number of halogens is 1. The zero-order chi connectivity index (χ0) is 14.7. The van der Waals surface area contributed by atoms with Crippen LogP contribution in [-0.4, -0.2) is 15.9 Å². The number of benzene rings is 2. The molecule has 0 aliphatic heterocycles. The van der Waals surface area contributed by atoms with E-state index in [2.05, 4.69) is 20.8 Å². The zero-order valence-corrected chi connectivity index (χ0v) is 11.6. The second-order valence-electron chi connectivity index (χ2n) is 4.33. The maximum Gasteiger partial charge on any atom is 0.269 e. The highest BCUT2D eigenvalue weighted by atomic mass is 35.5. The Hall–Kier alpha value is -2.66. The van der Waals surface area contributed by atoms with Gasteiger partial charge in [-0.3, -0.25) is 15.6 Å². The molecule has 5 nitrogen and oxygen atoms in total. The van der Waals surface area contributed by atoms with Crippen molar-refractivity contribution in [2.75, 3.05) is 5.43 Å². The minimum Gasteiger partial charge on any atom is -0.281 e. The summed E-state index contributed by atoms with van der Waals surface area (Å²) < 4.78 is 0. The normalized spacial score (nSPS) is 10.3. The number of hydrogen-bond acceptors (Lipinski definition) is 4. The third kappa shape index (κ3) is 2.93. The van der Waals surface area contributed by atoms with Crippen LogP contribution in [0.3, 0.4) is 0 Å². The third-order valence-corrected chi connectivity index (χ3v) is 3.20. The van der Waals surface area contributed by atoms with Gasteiger partial charge in [0.05, 0.1) is 5.52 Å². The summed E-state index contributed by atoms with van der Waals surface area (Å²) in [5, 5.41) is 1.41. The van der Waals surface area contributed by atoms with Crippen molar-refractivity contribution in [1.29, 1.82) is 0 Å². The largest absolute Gasteiger partial charge is 0.281 e. The predicted octanol–water partition coefficient (Wildman–Crippen LogP) is 3.04. The maximum absolute atomic E-state index is 12.0. The van der Waals surface area contributed by atoms with E-state index in [0.717, 1.165) is 10.9 Å². The molecule has 1 aromatic heterocycles. The van der Waals surface area contributed by atoms with Crippen molar-refractivity contribution in [3.8, 4) is 0 Å². The molecule has 3 rings (SSSR count). The fourth-order valence-corrected chi connectivity index (χ4v) is 2.02. The van der Waals surface area contributed by atoms with Crippen LogP contribution in [-0.2, 0) is 0 Å². The van der Waals surface area contributed by atoms with Gasteiger partial charge in [0.15, 0.2) is 5.82 Å². The Morgan fingerprint density at radius 1 is 1.00 bits per heavy atom. The van der Waals surface area contributed by atoms with Crippen LogP contribution >= 0.6 is 11.6 Å². The number of para-hydroxylation sites is 1. The Morgan fingerprint density at radius 2 is 1.76 bits per heavy atom. The van der Waals surface area contributed by atoms with Gasteiger partial charge < -0.3 is 0 Å². The molecule has 0 unspecified atom stereocenters. The van der Waals surface area contributed by atoms with Crippen molar-refractivity contribution < 1.29 is 4.79 Å². The summed E-state index contributed by atoms with van der Waals surface area (Å²) in [6, 6.07) is 14.2. The first-order valence-corrected chi connectivity index (χ1v) is 6.63. The summed E-state index contributed by atoms with van der Waals surface area (Å²) in [4.78, 5) is 20.3. The van der Waals surface area contributed by atoms with Gasteiger partial charge in [-0.15, -0.1) is 0 Å². The van der Waals surface area contributed by atoms with E-state index in [9.17, 15) is 4.79 Å². The number of hydrazine groups is 1. The first-order chi connectivity index (χ1) is 10.2. The molecule has 21 heavy (non-hydrogen) atoms. The van der Waals surface area contributed by atoms with Crippen molar-refractivity contribution in [2.24, 2.45) is 0 Å². The summed E-state index contributed by atoms with van der Waals surface area (Å²) in [6.07, 6.45) is 1.44. The molecule has 104 valence electrons. The molecule has 3 aromatic rings. The maximum atomic E-state index is 12.0. The molecule has 0 saturated heterocycles. The number of amides is 1. The average Bonchev–Trinajstić information content (AvgIpc) is 2.53. The van der Waals surface area contributed by atoms with E-state index in [-0.39, 0.29) is 5.91 Å². The fraction of sp³-hybridized carbons (Fsp3) is 0. The molecule has 0 bridgehead atoms. The number of carbonyl (C=O) groups excluding carboxylic acids is 1. The van der Waals surface area contributed by atoms with E-state index in [0.29, 0.717) is 16.4 Å². The van der Waals surface area contributed by atoms with E-state index in [1.165, 1.54) is 6.33 Å². The molecule has 2 aromatic carbocycles. The number of anilines is 1. The Bertz CT molecular complexity index is 784. The van der Waals surface area contributed by atoms with Gasteiger partial charge in [0.2, 0.25) is 0 Å². The van der Waals surface area contributed by atoms with Crippen molar-refractivity contribution >= 4 is 34.2 Å². The molecule has 6 heteroatoms. The average molecular weight is 299 g/mol. The summed E-state index contributed by atoms with van der Waals surface area (Å²) in [7, 11) is 0. The van der Waals surface area contributed by atoms with Crippen molar-refractivity contribution in [3.63, 3.8) is 0 Å². The molecule has 1 amide bonds. The van der Waals surface area contributed by atoms with Gasteiger partial charge in [-0.05, 0) is 36.4 Å². The smallest absolute Gasteiger partial charge is 0.269 e. The van der Waals surface area contributed by atoms with Gasteiger partial charge in [0.25, 0.3) is 5.91 Å². The highest BCUT2D eigenvalue weighted by Crippen LogP contribution is 2.17. The topological polar surface area (TPSA) is 66.9 Å². The summed E-state index contributed by atoms with van der Waals surface area (Å²) in [5.41, 5.74) is 6.73. The lowest BCUT2D eigenvalue weighted by molar-refractivity contribution is 0.0962. The van der Waals surface area contributed by atoms with E-state index < -0.39 is 0 Å². The number of fused-ring (bicyclic) bond motifs is 1. The molecule has 0 aliphatic carbocycles. The van der Waals surface area contributed by atoms with Gasteiger partial charge >= 0.3 is 0 Å². The van der Waals surface area contributed by atoms with E-state index in [1.807, 2.05) is 24.3 Å². The van der Waals surface area contributed by atoms with Crippen molar-refractivity contribution in [1.82, 2.24) is 15.4 Å². The van der Waals surface area contributed by atoms with Crippen LogP contribution in [0.5, 0.6) is 0 Å². The Balaban J connectivity index is 1.77. The van der Waals surface area contributed by atoms with Crippen LogP contribution in [0.1, 0.15) is 10.4 Å². The lowest BCUT2D eigenvalue weighted by atomic mass is 10.2. The zero-order valence-electron chi connectivity index (χ0n) is 10.9. The van der Waals surface area contributed by atoms with Gasteiger partial charge in [0, 0.05) is 16.0 Å². The molecule has 2 N–H and O–H groups in total. The highest BCUT2D eigenvalue weighted by molar-refractivity contribution is 6.30. The van der Waals surface area contributed by atoms with Gasteiger partial charge in [-0.2, -0.15) is 0 Å². The molecule has 0 fully saturated rings. The standard InChI is InChI=1S/C15H11ClN4O/c16-11-7-5-10(6-8-11)15(21)20-19-14-12-3-1-2-4-13(12)17-9-18-14/h1-9H,(H,20,21)(H,17,18,19). The Labute approximate surface area is 126 Å². The van der Waals surface area contributed by atoms with Gasteiger partial charge in [-0.1, -0.05) is 23.7 Å². The SMILES string of the molecule is O=C(NNc1ncnc2ccccc12)c1ccc(Cl)cc1. The van der Waals surface area contributed by atoms with Crippen molar-refractivity contribution in [2.45, 2.75) is 0 Å². The molecule has 0 aliphatic rings. The van der Waals surface area contributed by atoms with Crippen molar-refractivity contribution in [3.05, 3.63) is 65.4 Å². The monoisotopic (exact) mass is 298 g/mol. The first kappa shape index (κ1) is 13.3. The lowest BCUT2D eigenvalue weighted by Crippen LogP contribution is -2.29. The number of rotatable bonds is 3. The van der Waals surface area contributed by atoms with E-state index in [4.69, 9.17) is 11.6 Å². The van der Waals surface area contributed by atoms with Crippen LogP contribution in [0.4, 0.5) is 5.82 Å².